The third kappa shape index (κ3) is 8.78. The van der Waals surface area contributed by atoms with Gasteiger partial charge in [0.2, 0.25) is 0 Å². The molecule has 4 heterocycles. The average molecular weight is 859 g/mol. The van der Waals surface area contributed by atoms with Gasteiger partial charge in [0.05, 0.1) is 54.9 Å². The Balaban J connectivity index is 1.22. The molecule has 0 bridgehead atoms. The first kappa shape index (κ1) is 42.0. The first-order chi connectivity index (χ1) is 28.2. The molecule has 7 rings (SSSR count). The monoisotopic (exact) mass is 858 g/mol. The number of halogens is 1. The van der Waals surface area contributed by atoms with E-state index in [-0.39, 0.29) is 25.1 Å². The van der Waals surface area contributed by atoms with Crippen LogP contribution in [0.2, 0.25) is 5.02 Å². The number of methoxy groups -OCH3 is 2. The molecular formula is C43H47ClN6O7S2. The summed E-state index contributed by atoms with van der Waals surface area (Å²) in [4.78, 5) is 41.7. The number of fused-ring (bicyclic) bond motifs is 3. The Morgan fingerprint density at radius 2 is 1.69 bits per heavy atom. The zero-order valence-electron chi connectivity index (χ0n) is 34.1. The van der Waals surface area contributed by atoms with Gasteiger partial charge in [0.1, 0.15) is 17.0 Å². The summed E-state index contributed by atoms with van der Waals surface area (Å²) in [5.74, 6) is 1.09. The van der Waals surface area contributed by atoms with Crippen molar-refractivity contribution in [1.29, 1.82) is 0 Å². The quantitative estimate of drug-likeness (QED) is 0.0718. The van der Waals surface area contributed by atoms with Crippen molar-refractivity contribution in [2.45, 2.75) is 74.5 Å². The molecule has 0 aliphatic carbocycles. The van der Waals surface area contributed by atoms with Crippen molar-refractivity contribution in [2.24, 2.45) is 14.1 Å². The van der Waals surface area contributed by atoms with Crippen LogP contribution in [0.4, 0.5) is 4.79 Å². The molecule has 0 radical (unpaired) electrons. The topological polar surface area (TPSA) is 143 Å². The molecule has 0 atom stereocenters. The number of aryl methyl sites for hydroxylation is 3. The Morgan fingerprint density at radius 3 is 2.44 bits per heavy atom. The lowest BCUT2D eigenvalue weighted by Crippen LogP contribution is -2.41. The van der Waals surface area contributed by atoms with Gasteiger partial charge in [0.15, 0.2) is 0 Å². The van der Waals surface area contributed by atoms with E-state index in [9.17, 15) is 19.5 Å². The molecule has 0 fully saturated rings. The van der Waals surface area contributed by atoms with Crippen molar-refractivity contribution < 1.29 is 33.7 Å². The highest BCUT2D eigenvalue weighted by Crippen LogP contribution is 2.44. The third-order valence-corrected chi connectivity index (χ3v) is 12.6. The number of thioether (sulfide) groups is 2. The molecule has 0 spiro atoms. The summed E-state index contributed by atoms with van der Waals surface area (Å²) in [6.07, 6.45) is -0.116. The van der Waals surface area contributed by atoms with Crippen molar-refractivity contribution in [3.8, 4) is 16.9 Å². The van der Waals surface area contributed by atoms with E-state index in [2.05, 4.69) is 12.1 Å². The van der Waals surface area contributed by atoms with Crippen LogP contribution < -0.4 is 0 Å². The normalized spacial score (nSPS) is 12.9. The Hall–Kier alpha value is -5.12. The lowest BCUT2D eigenvalue weighted by atomic mass is 9.97. The highest BCUT2D eigenvalue weighted by molar-refractivity contribution is 7.98. The zero-order valence-corrected chi connectivity index (χ0v) is 36.5. The predicted molar refractivity (Wildman–Crippen MR) is 231 cm³/mol. The number of hydrogen-bond acceptors (Lipinski definition) is 11. The standard InChI is InChI=1S/C43H47ClN6O7S2/c1-43(2,3)57-42(54)49-16-17-50-34(21-49)38(37-32(44)14-12-30-31(13-15-36(52)55-6)40(41(53)56-7)47(4)39(30)37)33(46-50)24-58-22-26-19-27(48(5)45-26)23-59-28-18-25-10-8-9-11-29(25)35(51)20-28/h8-12,14,18-20,51H,13,15-17,21-24H2,1-7H3. The maximum Gasteiger partial charge on any atom is 0.410 e. The summed E-state index contributed by atoms with van der Waals surface area (Å²) in [6.45, 7) is 6.61. The van der Waals surface area contributed by atoms with Gasteiger partial charge >= 0.3 is 18.0 Å². The van der Waals surface area contributed by atoms with Crippen molar-refractivity contribution in [3.05, 3.63) is 93.7 Å². The molecule has 3 aromatic heterocycles. The van der Waals surface area contributed by atoms with Gasteiger partial charge in [0, 0.05) is 76.8 Å². The number of nitrogens with zero attached hydrogens (tertiary/aromatic N) is 6. The van der Waals surface area contributed by atoms with Gasteiger partial charge in [-0.1, -0.05) is 41.9 Å². The first-order valence-electron chi connectivity index (χ1n) is 19.1. The number of benzene rings is 3. The number of phenolic OH excluding ortho intramolecular Hbond substituents is 1. The van der Waals surface area contributed by atoms with Crippen LogP contribution in [0.3, 0.4) is 0 Å². The fourth-order valence-corrected chi connectivity index (χ4v) is 9.64. The second-order valence-electron chi connectivity index (χ2n) is 15.4. The maximum atomic E-state index is 13.4. The van der Waals surface area contributed by atoms with Gasteiger partial charge in [0.25, 0.3) is 0 Å². The second-order valence-corrected chi connectivity index (χ2v) is 17.8. The lowest BCUT2D eigenvalue weighted by Gasteiger charge is -2.31. The van der Waals surface area contributed by atoms with Gasteiger partial charge < -0.3 is 28.8 Å². The third-order valence-electron chi connectivity index (χ3n) is 10.3. The molecule has 310 valence electrons. The Kier molecular flexibility index (Phi) is 12.3. The highest BCUT2D eigenvalue weighted by Gasteiger charge is 2.33. The predicted octanol–water partition coefficient (Wildman–Crippen LogP) is 8.66. The van der Waals surface area contributed by atoms with Crippen LogP contribution in [0.25, 0.3) is 32.8 Å². The summed E-state index contributed by atoms with van der Waals surface area (Å²) in [7, 11) is 6.38. The number of rotatable bonds is 12. The van der Waals surface area contributed by atoms with E-state index in [4.69, 9.17) is 36.0 Å². The number of carbonyl (C=O) groups is 3. The van der Waals surface area contributed by atoms with Gasteiger partial charge in [-0.15, -0.1) is 23.5 Å². The minimum absolute atomic E-state index is 0.0639. The van der Waals surface area contributed by atoms with Gasteiger partial charge in [-0.2, -0.15) is 10.2 Å². The number of aromatic nitrogens is 5. The zero-order chi connectivity index (χ0) is 42.2. The Labute approximate surface area is 355 Å². The number of amides is 1. The summed E-state index contributed by atoms with van der Waals surface area (Å²) >= 11 is 10.5. The summed E-state index contributed by atoms with van der Waals surface area (Å²) in [5.41, 5.74) is 5.92. The van der Waals surface area contributed by atoms with E-state index >= 15 is 0 Å². The van der Waals surface area contributed by atoms with Crippen LogP contribution in [0.1, 0.15) is 66.0 Å². The minimum atomic E-state index is -0.675. The van der Waals surface area contributed by atoms with Crippen molar-refractivity contribution in [3.63, 3.8) is 0 Å². The number of ether oxygens (including phenoxy) is 3. The maximum absolute atomic E-state index is 13.4. The molecule has 13 nitrogen and oxygen atoms in total. The van der Waals surface area contributed by atoms with Crippen LogP contribution in [0, 0.1) is 0 Å². The smallest absolute Gasteiger partial charge is 0.410 e. The number of phenols is 1. The van der Waals surface area contributed by atoms with E-state index in [1.807, 2.05) is 67.5 Å². The molecule has 6 aromatic rings. The van der Waals surface area contributed by atoms with E-state index in [1.165, 1.54) is 14.2 Å². The van der Waals surface area contributed by atoms with E-state index < -0.39 is 23.6 Å². The molecule has 0 saturated heterocycles. The summed E-state index contributed by atoms with van der Waals surface area (Å²) in [5, 5.41) is 23.5. The molecule has 0 saturated carbocycles. The van der Waals surface area contributed by atoms with Crippen LogP contribution >= 0.6 is 35.1 Å². The molecule has 59 heavy (non-hydrogen) atoms. The number of hydrogen-bond donors (Lipinski definition) is 1. The van der Waals surface area contributed by atoms with Crippen LogP contribution in [0.5, 0.6) is 5.75 Å². The van der Waals surface area contributed by atoms with Crippen LogP contribution in [-0.4, -0.2) is 78.5 Å². The SMILES string of the molecule is COC(=O)CCc1c(C(=O)OC)n(C)c2c(-c3c(CSCc4cc(CSc5cc(O)c6ccccc6c5)n(C)n4)nn4c3CN(C(=O)OC(C)(C)C)CC4)c(Cl)ccc12. The Bertz CT molecular complexity index is 2590. The van der Waals surface area contributed by atoms with Crippen LogP contribution in [-0.2, 0) is 69.9 Å². The van der Waals surface area contributed by atoms with E-state index in [1.54, 1.807) is 52.2 Å². The van der Waals surface area contributed by atoms with Gasteiger partial charge in [-0.05, 0) is 62.4 Å². The number of esters is 2. The number of carbonyl (C=O) groups excluding carboxylic acids is 3. The van der Waals surface area contributed by atoms with Gasteiger partial charge in [-0.3, -0.25) is 14.2 Å². The molecule has 0 unspecified atom stereocenters. The van der Waals surface area contributed by atoms with Gasteiger partial charge in [-0.25, -0.2) is 9.59 Å². The van der Waals surface area contributed by atoms with Crippen molar-refractivity contribution >= 4 is 74.8 Å². The van der Waals surface area contributed by atoms with E-state index in [0.717, 1.165) is 49.4 Å². The average Bonchev–Trinajstić information content (AvgIpc) is 3.84. The lowest BCUT2D eigenvalue weighted by molar-refractivity contribution is -0.140. The molecule has 1 aliphatic heterocycles. The van der Waals surface area contributed by atoms with E-state index in [0.29, 0.717) is 57.7 Å². The second kappa shape index (κ2) is 17.2. The minimum Gasteiger partial charge on any atom is -0.507 e. The Morgan fingerprint density at radius 1 is 0.915 bits per heavy atom. The molecular weight excluding hydrogens is 812 g/mol. The van der Waals surface area contributed by atoms with Crippen LogP contribution in [0.15, 0.2) is 59.5 Å². The fraction of sp³-hybridized carbons (Fsp3) is 0.372. The van der Waals surface area contributed by atoms with Crippen molar-refractivity contribution in [1.82, 2.24) is 29.0 Å². The summed E-state index contributed by atoms with van der Waals surface area (Å²) < 4.78 is 21.5. The molecule has 3 aromatic carbocycles. The fourth-order valence-electron chi connectivity index (χ4n) is 7.56. The highest BCUT2D eigenvalue weighted by atomic mass is 35.5. The molecule has 1 aliphatic rings. The first-order valence-corrected chi connectivity index (χ1v) is 21.6. The largest absolute Gasteiger partial charge is 0.507 e. The number of aromatic hydroxyl groups is 1. The van der Waals surface area contributed by atoms with Crippen molar-refractivity contribution in [2.75, 3.05) is 20.8 Å². The molecule has 1 amide bonds. The molecule has 16 heteroatoms. The summed E-state index contributed by atoms with van der Waals surface area (Å²) in [6, 6.07) is 17.4. The molecule has 1 N–H and O–H groups in total.